The molecule has 0 saturated carbocycles. The molecule has 64 valence electrons. The number of aromatic amines is 1. The second-order valence-corrected chi connectivity index (χ2v) is 2.01. The maximum atomic E-state index is 10.3. The Morgan fingerprint density at radius 2 is 2.08 bits per heavy atom. The summed E-state index contributed by atoms with van der Waals surface area (Å²) in [7, 11) is 0. The van der Waals surface area contributed by atoms with Crippen molar-refractivity contribution in [3.8, 4) is 0 Å². The van der Waals surface area contributed by atoms with Crippen LogP contribution in [0.5, 0.6) is 0 Å². The highest BCUT2D eigenvalue weighted by Crippen LogP contribution is 2.01. The van der Waals surface area contributed by atoms with E-state index in [0.717, 1.165) is 0 Å². The van der Waals surface area contributed by atoms with Gasteiger partial charge in [0, 0.05) is 0 Å². The molecule has 0 radical (unpaired) electrons. The highest BCUT2D eigenvalue weighted by Gasteiger charge is 2.16. The first kappa shape index (κ1) is 8.18. The zero-order valence-corrected chi connectivity index (χ0v) is 5.81. The van der Waals surface area contributed by atoms with E-state index in [9.17, 15) is 9.59 Å². The van der Waals surface area contributed by atoms with Crippen LogP contribution in [0.3, 0.4) is 0 Å². The van der Waals surface area contributed by atoms with Gasteiger partial charge in [-0.15, -0.1) is 5.10 Å². The summed E-state index contributed by atoms with van der Waals surface area (Å²) in [5, 5.41) is 25.3. The molecule has 0 aromatic carbocycles. The molecule has 0 saturated heterocycles. The molecule has 0 bridgehead atoms. The molecular weight excluding hydrogens is 166 g/mol. The predicted molar refractivity (Wildman–Crippen MR) is 34.7 cm³/mol. The minimum absolute atomic E-state index is 0.00463. The fourth-order valence-corrected chi connectivity index (χ4v) is 0.695. The fraction of sp³-hybridized carbons (Fsp3) is 0.200. The lowest BCUT2D eigenvalue weighted by Gasteiger charge is -1.90. The first-order chi connectivity index (χ1) is 5.61. The van der Waals surface area contributed by atoms with E-state index in [1.165, 1.54) is 0 Å². The lowest BCUT2D eigenvalue weighted by Crippen LogP contribution is -2.07. The lowest BCUT2D eigenvalue weighted by molar-refractivity contribution is -0.136. The van der Waals surface area contributed by atoms with Crippen molar-refractivity contribution in [2.24, 2.45) is 0 Å². The number of carboxylic acids is 2. The van der Waals surface area contributed by atoms with Gasteiger partial charge in [0.25, 0.3) is 0 Å². The molecule has 3 N–H and O–H groups in total. The summed E-state index contributed by atoms with van der Waals surface area (Å²) < 4.78 is 0. The molecule has 1 aromatic rings. The van der Waals surface area contributed by atoms with E-state index < -0.39 is 18.4 Å². The van der Waals surface area contributed by atoms with Crippen LogP contribution in [0.4, 0.5) is 0 Å². The molecule has 0 spiro atoms. The Kier molecular flexibility index (Phi) is 2.04. The van der Waals surface area contributed by atoms with Crippen molar-refractivity contribution < 1.29 is 19.8 Å². The molecule has 0 aliphatic heterocycles. The summed E-state index contributed by atoms with van der Waals surface area (Å²) in [4.78, 5) is 20.5. The van der Waals surface area contributed by atoms with Crippen LogP contribution in [0.2, 0.25) is 0 Å². The largest absolute Gasteiger partial charge is 0.481 e. The van der Waals surface area contributed by atoms with E-state index in [4.69, 9.17) is 10.2 Å². The summed E-state index contributed by atoms with van der Waals surface area (Å²) in [6, 6.07) is 0. The Balaban J connectivity index is 2.91. The quantitative estimate of drug-likeness (QED) is 0.544. The van der Waals surface area contributed by atoms with Gasteiger partial charge in [-0.1, -0.05) is 5.21 Å². The van der Waals surface area contributed by atoms with Crippen LogP contribution in [0, 0.1) is 0 Å². The van der Waals surface area contributed by atoms with Crippen molar-refractivity contribution in [3.63, 3.8) is 0 Å². The van der Waals surface area contributed by atoms with Crippen molar-refractivity contribution in [3.05, 3.63) is 11.4 Å². The number of hydrogen-bond acceptors (Lipinski definition) is 4. The lowest BCUT2D eigenvalue weighted by atomic mass is 10.2. The van der Waals surface area contributed by atoms with Crippen molar-refractivity contribution in [1.29, 1.82) is 0 Å². The number of aromatic carboxylic acids is 1. The van der Waals surface area contributed by atoms with Crippen molar-refractivity contribution in [1.82, 2.24) is 15.4 Å². The van der Waals surface area contributed by atoms with Gasteiger partial charge in [0.2, 0.25) is 0 Å². The third kappa shape index (κ3) is 1.57. The Labute approximate surface area is 66.0 Å². The normalized spacial score (nSPS) is 9.67. The first-order valence-electron chi connectivity index (χ1n) is 2.96. The molecule has 0 fully saturated rings. The highest BCUT2D eigenvalue weighted by molar-refractivity contribution is 5.87. The summed E-state index contributed by atoms with van der Waals surface area (Å²) in [5.74, 6) is -2.43. The van der Waals surface area contributed by atoms with E-state index in [1.54, 1.807) is 0 Å². The molecule has 1 rings (SSSR count). The van der Waals surface area contributed by atoms with E-state index in [-0.39, 0.29) is 11.4 Å². The molecule has 0 unspecified atom stereocenters. The van der Waals surface area contributed by atoms with Crippen molar-refractivity contribution >= 4 is 11.9 Å². The molecule has 0 aliphatic rings. The Hall–Kier alpha value is -1.92. The molecule has 12 heavy (non-hydrogen) atoms. The summed E-state index contributed by atoms with van der Waals surface area (Å²) >= 11 is 0. The average molecular weight is 171 g/mol. The average Bonchev–Trinajstić information content (AvgIpc) is 2.33. The number of H-pyrrole nitrogens is 1. The smallest absolute Gasteiger partial charge is 0.358 e. The second kappa shape index (κ2) is 2.99. The SMILES string of the molecule is O=C(O)Cc1[nH]nnc1C(=O)O. The maximum Gasteiger partial charge on any atom is 0.358 e. The van der Waals surface area contributed by atoms with Crippen LogP contribution in [0.25, 0.3) is 0 Å². The monoisotopic (exact) mass is 171 g/mol. The number of carbonyl (C=O) groups is 2. The van der Waals surface area contributed by atoms with Gasteiger partial charge in [-0.05, 0) is 0 Å². The molecule has 0 amide bonds. The molecule has 0 atom stereocenters. The third-order valence-corrected chi connectivity index (χ3v) is 1.15. The number of aliphatic carboxylic acids is 1. The van der Waals surface area contributed by atoms with Gasteiger partial charge in [0.1, 0.15) is 0 Å². The molecular formula is C5H5N3O4. The molecule has 0 aliphatic carbocycles. The van der Waals surface area contributed by atoms with Gasteiger partial charge >= 0.3 is 11.9 Å². The fourth-order valence-electron chi connectivity index (χ4n) is 0.695. The van der Waals surface area contributed by atoms with Crippen LogP contribution in [0.1, 0.15) is 16.2 Å². The van der Waals surface area contributed by atoms with Gasteiger partial charge in [-0.2, -0.15) is 0 Å². The first-order valence-corrected chi connectivity index (χ1v) is 2.96. The van der Waals surface area contributed by atoms with Crippen molar-refractivity contribution in [2.45, 2.75) is 6.42 Å². The summed E-state index contributed by atoms with van der Waals surface area (Å²) in [6.45, 7) is 0. The van der Waals surface area contributed by atoms with Crippen LogP contribution in [-0.2, 0) is 11.2 Å². The standard InChI is InChI=1S/C5H5N3O4/c9-3(10)1-2-4(5(11)12)7-8-6-2/h1H2,(H,9,10)(H,11,12)(H,6,7,8). The Morgan fingerprint density at radius 3 is 2.58 bits per heavy atom. The van der Waals surface area contributed by atoms with Crippen LogP contribution < -0.4 is 0 Å². The summed E-state index contributed by atoms with van der Waals surface area (Å²) in [5.41, 5.74) is -0.354. The van der Waals surface area contributed by atoms with Gasteiger partial charge < -0.3 is 10.2 Å². The number of carboxylic acid groups (broad SMARTS) is 2. The molecule has 1 heterocycles. The van der Waals surface area contributed by atoms with E-state index in [1.807, 2.05) is 0 Å². The molecule has 1 aromatic heterocycles. The molecule has 7 heteroatoms. The highest BCUT2D eigenvalue weighted by atomic mass is 16.4. The Morgan fingerprint density at radius 1 is 1.42 bits per heavy atom. The number of hydrogen-bond donors (Lipinski definition) is 3. The summed E-state index contributed by atoms with van der Waals surface area (Å²) in [6.07, 6.45) is -0.422. The van der Waals surface area contributed by atoms with E-state index >= 15 is 0 Å². The van der Waals surface area contributed by atoms with Gasteiger partial charge in [0.05, 0.1) is 12.1 Å². The van der Waals surface area contributed by atoms with Crippen LogP contribution in [-0.4, -0.2) is 37.6 Å². The second-order valence-electron chi connectivity index (χ2n) is 2.01. The minimum Gasteiger partial charge on any atom is -0.481 e. The molecule has 7 nitrogen and oxygen atoms in total. The predicted octanol–water partition coefficient (Wildman–Crippen LogP) is -0.870. The van der Waals surface area contributed by atoms with Crippen LogP contribution >= 0.6 is 0 Å². The van der Waals surface area contributed by atoms with Gasteiger partial charge in [0.15, 0.2) is 5.69 Å². The number of rotatable bonds is 3. The zero-order valence-electron chi connectivity index (χ0n) is 5.81. The van der Waals surface area contributed by atoms with E-state index in [0.29, 0.717) is 0 Å². The third-order valence-electron chi connectivity index (χ3n) is 1.15. The van der Waals surface area contributed by atoms with Gasteiger partial charge in [-0.3, -0.25) is 9.89 Å². The maximum absolute atomic E-state index is 10.3. The van der Waals surface area contributed by atoms with Crippen molar-refractivity contribution in [2.75, 3.05) is 0 Å². The number of nitrogens with one attached hydrogen (secondary N) is 1. The number of nitrogens with zero attached hydrogens (tertiary/aromatic N) is 2. The number of aromatic nitrogens is 3. The minimum atomic E-state index is -1.29. The van der Waals surface area contributed by atoms with E-state index in [2.05, 4.69) is 15.4 Å². The zero-order chi connectivity index (χ0) is 9.14. The Bertz CT molecular complexity index is 318. The van der Waals surface area contributed by atoms with Crippen LogP contribution in [0.15, 0.2) is 0 Å². The van der Waals surface area contributed by atoms with Gasteiger partial charge in [-0.25, -0.2) is 4.79 Å². The topological polar surface area (TPSA) is 116 Å².